The van der Waals surface area contributed by atoms with E-state index < -0.39 is 23.5 Å². The molecule has 194 valence electrons. The summed E-state index contributed by atoms with van der Waals surface area (Å²) >= 11 is 0. The molecule has 0 bridgehead atoms. The van der Waals surface area contributed by atoms with E-state index in [9.17, 15) is 19.7 Å². The minimum Gasteiger partial charge on any atom is -0.497 e. The molecule has 0 aromatic heterocycles. The van der Waals surface area contributed by atoms with Crippen LogP contribution in [0, 0.1) is 10.1 Å². The van der Waals surface area contributed by atoms with E-state index in [1.165, 1.54) is 37.3 Å². The summed E-state index contributed by atoms with van der Waals surface area (Å²) in [6, 6.07) is 19.8. The maximum atomic E-state index is 13.5. The average molecular weight is 508 g/mol. The number of ether oxygens (including phenoxy) is 3. The molecule has 37 heavy (non-hydrogen) atoms. The highest BCUT2D eigenvalue weighted by Gasteiger charge is 2.30. The van der Waals surface area contributed by atoms with Crippen LogP contribution in [0.4, 0.5) is 5.69 Å². The van der Waals surface area contributed by atoms with Crippen LogP contribution in [-0.2, 0) is 22.6 Å². The van der Waals surface area contributed by atoms with Gasteiger partial charge in [0.2, 0.25) is 11.7 Å². The number of hydrogen-bond donors (Lipinski definition) is 1. The predicted octanol–water partition coefficient (Wildman–Crippen LogP) is 3.38. The molecule has 10 heteroatoms. The normalized spacial score (nSPS) is 11.2. The molecular weight excluding hydrogens is 478 g/mol. The Bertz CT molecular complexity index is 1230. The third kappa shape index (κ3) is 7.20. The van der Waals surface area contributed by atoms with Crippen LogP contribution in [0.3, 0.4) is 0 Å². The minimum atomic E-state index is -0.818. The number of carbonyl (C=O) groups excluding carboxylic acids is 2. The fourth-order valence-electron chi connectivity index (χ4n) is 3.81. The van der Waals surface area contributed by atoms with Crippen LogP contribution < -0.4 is 19.5 Å². The molecule has 0 aliphatic heterocycles. The Hall–Kier alpha value is -4.60. The molecule has 1 atom stereocenters. The van der Waals surface area contributed by atoms with E-state index in [0.717, 1.165) is 11.1 Å². The van der Waals surface area contributed by atoms with Gasteiger partial charge in [0, 0.05) is 32.1 Å². The zero-order valence-corrected chi connectivity index (χ0v) is 20.9. The summed E-state index contributed by atoms with van der Waals surface area (Å²) in [5.74, 6) is 0.0904. The third-order valence-corrected chi connectivity index (χ3v) is 5.71. The summed E-state index contributed by atoms with van der Waals surface area (Å²) in [6.45, 7) is -0.263. The van der Waals surface area contributed by atoms with Crippen LogP contribution >= 0.6 is 0 Å². The van der Waals surface area contributed by atoms with Crippen LogP contribution in [0.15, 0.2) is 72.8 Å². The van der Waals surface area contributed by atoms with Gasteiger partial charge in [0.25, 0.3) is 5.91 Å². The maximum absolute atomic E-state index is 13.5. The summed E-state index contributed by atoms with van der Waals surface area (Å²) < 4.78 is 16.1. The van der Waals surface area contributed by atoms with Crippen LogP contribution in [-0.4, -0.2) is 55.6 Å². The molecule has 0 unspecified atom stereocenters. The second kappa shape index (κ2) is 12.9. The van der Waals surface area contributed by atoms with Crippen molar-refractivity contribution >= 4 is 17.5 Å². The SMILES string of the molecule is CNC(=O)[C@@H](Cc1ccccc1)N(Cc1cccc(OC)c1)C(=O)COc1ccc([N+](=O)[O-])c(OC)c1. The van der Waals surface area contributed by atoms with Gasteiger partial charge in [-0.3, -0.25) is 19.7 Å². The molecule has 1 N–H and O–H groups in total. The number of hydrogen-bond acceptors (Lipinski definition) is 7. The van der Waals surface area contributed by atoms with Gasteiger partial charge >= 0.3 is 5.69 Å². The fraction of sp³-hybridized carbons (Fsp3) is 0.259. The number of methoxy groups -OCH3 is 2. The first-order valence-corrected chi connectivity index (χ1v) is 11.5. The molecule has 3 rings (SSSR count). The number of likely N-dealkylation sites (N-methyl/N-ethyl adjacent to an activating group) is 1. The molecule has 0 fully saturated rings. The van der Waals surface area contributed by atoms with Gasteiger partial charge in [-0.2, -0.15) is 0 Å². The number of benzene rings is 3. The van der Waals surface area contributed by atoms with Crippen molar-refractivity contribution in [3.63, 3.8) is 0 Å². The van der Waals surface area contributed by atoms with Crippen LogP contribution in [0.2, 0.25) is 0 Å². The van der Waals surface area contributed by atoms with Crippen molar-refractivity contribution in [2.45, 2.75) is 19.0 Å². The van der Waals surface area contributed by atoms with Crippen molar-refractivity contribution in [2.24, 2.45) is 0 Å². The van der Waals surface area contributed by atoms with Crippen molar-refractivity contribution in [3.8, 4) is 17.2 Å². The van der Waals surface area contributed by atoms with Crippen molar-refractivity contribution in [1.29, 1.82) is 0 Å². The highest BCUT2D eigenvalue weighted by atomic mass is 16.6. The molecule has 0 spiro atoms. The Morgan fingerprint density at radius 2 is 1.68 bits per heavy atom. The summed E-state index contributed by atoms with van der Waals surface area (Å²) in [5.41, 5.74) is 1.44. The smallest absolute Gasteiger partial charge is 0.311 e. The zero-order chi connectivity index (χ0) is 26.8. The topological polar surface area (TPSA) is 120 Å². The highest BCUT2D eigenvalue weighted by Crippen LogP contribution is 2.31. The zero-order valence-electron chi connectivity index (χ0n) is 20.9. The fourth-order valence-corrected chi connectivity index (χ4v) is 3.81. The van der Waals surface area contributed by atoms with Gasteiger partial charge in [-0.15, -0.1) is 0 Å². The van der Waals surface area contributed by atoms with E-state index in [2.05, 4.69) is 5.32 Å². The van der Waals surface area contributed by atoms with E-state index >= 15 is 0 Å². The third-order valence-electron chi connectivity index (χ3n) is 5.71. The molecule has 0 heterocycles. The quantitative estimate of drug-likeness (QED) is 0.295. The molecule has 0 aliphatic rings. The Morgan fingerprint density at radius 1 is 0.946 bits per heavy atom. The van der Waals surface area contributed by atoms with Gasteiger partial charge in [0.1, 0.15) is 17.5 Å². The maximum Gasteiger partial charge on any atom is 0.311 e. The molecule has 3 aromatic carbocycles. The summed E-state index contributed by atoms with van der Waals surface area (Å²) in [7, 11) is 4.38. The lowest BCUT2D eigenvalue weighted by atomic mass is 10.0. The van der Waals surface area contributed by atoms with Crippen molar-refractivity contribution < 1.29 is 28.7 Å². The number of nitro groups is 1. The monoisotopic (exact) mass is 507 g/mol. The van der Waals surface area contributed by atoms with E-state index in [-0.39, 0.29) is 29.6 Å². The molecule has 0 saturated carbocycles. The van der Waals surface area contributed by atoms with Crippen molar-refractivity contribution in [3.05, 3.63) is 94.0 Å². The van der Waals surface area contributed by atoms with Gasteiger partial charge in [-0.05, 0) is 29.3 Å². The lowest BCUT2D eigenvalue weighted by Crippen LogP contribution is -2.51. The Balaban J connectivity index is 1.89. The first-order chi connectivity index (χ1) is 17.9. The molecule has 2 amide bonds. The molecule has 0 saturated heterocycles. The molecule has 0 aliphatic carbocycles. The summed E-state index contributed by atoms with van der Waals surface area (Å²) in [6.07, 6.45) is 0.293. The van der Waals surface area contributed by atoms with Crippen molar-refractivity contribution in [2.75, 3.05) is 27.9 Å². The van der Waals surface area contributed by atoms with E-state index in [4.69, 9.17) is 14.2 Å². The highest BCUT2D eigenvalue weighted by molar-refractivity contribution is 5.88. The summed E-state index contributed by atoms with van der Waals surface area (Å²) in [4.78, 5) is 38.5. The first kappa shape index (κ1) is 27.0. The minimum absolute atomic E-state index is 0.00972. The molecule has 10 nitrogen and oxygen atoms in total. The number of nitro benzene ring substituents is 1. The molecule has 3 aromatic rings. The second-order valence-corrected chi connectivity index (χ2v) is 8.07. The first-order valence-electron chi connectivity index (χ1n) is 11.5. The van der Waals surface area contributed by atoms with E-state index in [1.807, 2.05) is 42.5 Å². The van der Waals surface area contributed by atoms with E-state index in [1.54, 1.807) is 19.2 Å². The lowest BCUT2D eigenvalue weighted by molar-refractivity contribution is -0.385. The number of rotatable bonds is 12. The standard InChI is InChI=1S/C27H29N3O7/c1-28-27(32)24(15-19-8-5-4-6-9-19)29(17-20-10-7-11-21(14-20)35-2)26(31)18-37-22-12-13-23(30(33)34)25(16-22)36-3/h4-14,16,24H,15,17-18H2,1-3H3,(H,28,32)/t24-/m1/s1. The van der Waals surface area contributed by atoms with Gasteiger partial charge < -0.3 is 24.4 Å². The lowest BCUT2D eigenvalue weighted by Gasteiger charge is -2.31. The predicted molar refractivity (Wildman–Crippen MR) is 137 cm³/mol. The van der Waals surface area contributed by atoms with E-state index in [0.29, 0.717) is 12.2 Å². The number of nitrogens with one attached hydrogen (secondary N) is 1. The van der Waals surface area contributed by atoms with Crippen LogP contribution in [0.25, 0.3) is 0 Å². The average Bonchev–Trinajstić information content (AvgIpc) is 2.93. The van der Waals surface area contributed by atoms with Crippen LogP contribution in [0.1, 0.15) is 11.1 Å². The van der Waals surface area contributed by atoms with Crippen LogP contribution in [0.5, 0.6) is 17.2 Å². The van der Waals surface area contributed by atoms with Gasteiger partial charge in [0.05, 0.1) is 19.1 Å². The number of amides is 2. The van der Waals surface area contributed by atoms with Gasteiger partial charge in [-0.1, -0.05) is 42.5 Å². The Morgan fingerprint density at radius 3 is 2.32 bits per heavy atom. The number of nitrogens with zero attached hydrogens (tertiary/aromatic N) is 2. The summed E-state index contributed by atoms with van der Waals surface area (Å²) in [5, 5.41) is 13.8. The Kier molecular flexibility index (Phi) is 9.42. The molecular formula is C27H29N3O7. The second-order valence-electron chi connectivity index (χ2n) is 8.07. The van der Waals surface area contributed by atoms with Gasteiger partial charge in [-0.25, -0.2) is 0 Å². The van der Waals surface area contributed by atoms with Gasteiger partial charge in [0.15, 0.2) is 6.61 Å². The Labute approximate surface area is 214 Å². The van der Waals surface area contributed by atoms with Crippen molar-refractivity contribution in [1.82, 2.24) is 10.2 Å². The largest absolute Gasteiger partial charge is 0.497 e. The number of carbonyl (C=O) groups is 2. The molecule has 0 radical (unpaired) electrons.